The van der Waals surface area contributed by atoms with Crippen LogP contribution in [0.3, 0.4) is 0 Å². The number of rotatable bonds is 3. The Hall–Kier alpha value is -0.370. The van der Waals surface area contributed by atoms with Crippen molar-refractivity contribution in [2.75, 3.05) is 0 Å². The van der Waals surface area contributed by atoms with Gasteiger partial charge in [-0.25, -0.2) is 0 Å². The molecule has 2 heteroatoms. The predicted molar refractivity (Wildman–Crippen MR) is 70.7 cm³/mol. The first-order valence-electron chi connectivity index (χ1n) is 7.51. The Balaban J connectivity index is 1.97. The molecule has 98 valence electrons. The molecular weight excluding hydrogens is 210 g/mol. The van der Waals surface area contributed by atoms with Crippen molar-refractivity contribution < 1.29 is 4.79 Å². The average Bonchev–Trinajstić information content (AvgIpc) is 2.38. The monoisotopic (exact) mass is 237 g/mol. The molecule has 0 aliphatic heterocycles. The van der Waals surface area contributed by atoms with E-state index in [0.717, 1.165) is 32.1 Å². The number of Topliss-reactive ketones (excluding diaryl/α,β-unsaturated/α-hetero) is 1. The average molecular weight is 237 g/mol. The van der Waals surface area contributed by atoms with Gasteiger partial charge in [0.25, 0.3) is 0 Å². The maximum Gasteiger partial charge on any atom is 0.139 e. The number of carbonyl (C=O) groups excluding carboxylic acids is 1. The summed E-state index contributed by atoms with van der Waals surface area (Å²) in [7, 11) is 0. The van der Waals surface area contributed by atoms with Crippen molar-refractivity contribution in [2.45, 2.75) is 70.8 Å². The van der Waals surface area contributed by atoms with Gasteiger partial charge in [0.2, 0.25) is 0 Å². The highest BCUT2D eigenvalue weighted by Gasteiger charge is 2.35. The van der Waals surface area contributed by atoms with E-state index in [1.165, 1.54) is 25.7 Å². The van der Waals surface area contributed by atoms with Gasteiger partial charge in [0.05, 0.1) is 0 Å². The van der Waals surface area contributed by atoms with Crippen LogP contribution in [0, 0.1) is 17.8 Å². The third-order valence-electron chi connectivity index (χ3n) is 4.92. The molecule has 2 aliphatic rings. The molecule has 17 heavy (non-hydrogen) atoms. The van der Waals surface area contributed by atoms with Crippen molar-refractivity contribution in [2.24, 2.45) is 23.5 Å². The summed E-state index contributed by atoms with van der Waals surface area (Å²) in [5, 5.41) is 0. The summed E-state index contributed by atoms with van der Waals surface area (Å²) < 4.78 is 0. The number of nitrogens with two attached hydrogens (primary N) is 1. The molecule has 0 saturated heterocycles. The summed E-state index contributed by atoms with van der Waals surface area (Å²) in [4.78, 5) is 12.6. The fourth-order valence-corrected chi connectivity index (χ4v) is 3.86. The molecule has 0 spiro atoms. The standard InChI is InChI=1S/C15H27NO/c1-2-11-6-3-4-9-14(11)15(17)12-7-5-8-13(16)10-12/h11-14H,2-10,16H2,1H3. The molecule has 2 rings (SSSR count). The summed E-state index contributed by atoms with van der Waals surface area (Å²) in [6.07, 6.45) is 10.5. The Labute approximate surface area is 105 Å². The van der Waals surface area contributed by atoms with Crippen LogP contribution in [0.4, 0.5) is 0 Å². The summed E-state index contributed by atoms with van der Waals surface area (Å²) in [6.45, 7) is 2.24. The van der Waals surface area contributed by atoms with Crippen molar-refractivity contribution in [3.8, 4) is 0 Å². The van der Waals surface area contributed by atoms with Crippen molar-refractivity contribution in [3.63, 3.8) is 0 Å². The van der Waals surface area contributed by atoms with E-state index in [2.05, 4.69) is 6.92 Å². The van der Waals surface area contributed by atoms with Gasteiger partial charge in [-0.1, -0.05) is 32.6 Å². The van der Waals surface area contributed by atoms with Crippen LogP contribution in [0.25, 0.3) is 0 Å². The lowest BCUT2D eigenvalue weighted by molar-refractivity contribution is -0.130. The molecule has 0 aromatic heterocycles. The smallest absolute Gasteiger partial charge is 0.139 e. The summed E-state index contributed by atoms with van der Waals surface area (Å²) >= 11 is 0. The summed E-state index contributed by atoms with van der Waals surface area (Å²) in [6, 6.07) is 0.279. The van der Waals surface area contributed by atoms with Crippen LogP contribution in [0.15, 0.2) is 0 Å². The first kappa shape index (κ1) is 13.1. The second-order valence-corrected chi connectivity index (χ2v) is 6.09. The number of hydrogen-bond donors (Lipinski definition) is 1. The van der Waals surface area contributed by atoms with Gasteiger partial charge in [-0.2, -0.15) is 0 Å². The largest absolute Gasteiger partial charge is 0.328 e. The number of carbonyl (C=O) groups is 1. The van der Waals surface area contributed by atoms with E-state index in [9.17, 15) is 4.79 Å². The minimum absolute atomic E-state index is 0.279. The van der Waals surface area contributed by atoms with E-state index < -0.39 is 0 Å². The molecule has 4 unspecified atom stereocenters. The van der Waals surface area contributed by atoms with E-state index >= 15 is 0 Å². The van der Waals surface area contributed by atoms with Gasteiger partial charge in [-0.15, -0.1) is 0 Å². The topological polar surface area (TPSA) is 43.1 Å². The highest BCUT2D eigenvalue weighted by atomic mass is 16.1. The zero-order valence-corrected chi connectivity index (χ0v) is 11.2. The molecule has 2 fully saturated rings. The Morgan fingerprint density at radius 1 is 1.12 bits per heavy atom. The van der Waals surface area contributed by atoms with Gasteiger partial charge in [0.1, 0.15) is 5.78 Å². The first-order chi connectivity index (χ1) is 8.22. The predicted octanol–water partition coefficient (Wildman–Crippen LogP) is 3.29. The summed E-state index contributed by atoms with van der Waals surface area (Å²) in [5.41, 5.74) is 6.01. The van der Waals surface area contributed by atoms with Gasteiger partial charge < -0.3 is 5.73 Å². The zero-order chi connectivity index (χ0) is 12.3. The van der Waals surface area contributed by atoms with Crippen LogP contribution in [-0.2, 0) is 4.79 Å². The lowest BCUT2D eigenvalue weighted by Crippen LogP contribution is -2.37. The van der Waals surface area contributed by atoms with E-state index in [1.54, 1.807) is 0 Å². The van der Waals surface area contributed by atoms with Gasteiger partial charge in [0.15, 0.2) is 0 Å². The van der Waals surface area contributed by atoms with Gasteiger partial charge in [-0.3, -0.25) is 4.79 Å². The second kappa shape index (κ2) is 5.99. The molecule has 2 saturated carbocycles. The first-order valence-corrected chi connectivity index (χ1v) is 7.51. The van der Waals surface area contributed by atoms with E-state index in [-0.39, 0.29) is 12.0 Å². The Kier molecular flexibility index (Phi) is 4.61. The highest BCUT2D eigenvalue weighted by molar-refractivity contribution is 5.84. The molecule has 0 radical (unpaired) electrons. The molecule has 2 nitrogen and oxygen atoms in total. The van der Waals surface area contributed by atoms with Crippen molar-refractivity contribution in [1.29, 1.82) is 0 Å². The third kappa shape index (κ3) is 3.09. The Bertz CT molecular complexity index is 264. The zero-order valence-electron chi connectivity index (χ0n) is 11.2. The van der Waals surface area contributed by atoms with Crippen molar-refractivity contribution in [1.82, 2.24) is 0 Å². The lowest BCUT2D eigenvalue weighted by atomic mass is 9.70. The quantitative estimate of drug-likeness (QED) is 0.818. The SMILES string of the molecule is CCC1CCCCC1C(=O)C1CCCC(N)C1. The second-order valence-electron chi connectivity index (χ2n) is 6.09. The third-order valence-corrected chi connectivity index (χ3v) is 4.92. The van der Waals surface area contributed by atoms with Crippen LogP contribution in [0.2, 0.25) is 0 Å². The van der Waals surface area contributed by atoms with Crippen LogP contribution >= 0.6 is 0 Å². The Morgan fingerprint density at radius 3 is 2.59 bits per heavy atom. The van der Waals surface area contributed by atoms with Gasteiger partial charge in [-0.05, 0) is 38.0 Å². The van der Waals surface area contributed by atoms with Gasteiger partial charge >= 0.3 is 0 Å². The van der Waals surface area contributed by atoms with E-state index in [0.29, 0.717) is 17.6 Å². The molecule has 0 amide bonds. The number of hydrogen-bond acceptors (Lipinski definition) is 2. The number of ketones is 1. The molecule has 0 aromatic carbocycles. The molecule has 2 aliphatic carbocycles. The molecule has 0 heterocycles. The van der Waals surface area contributed by atoms with E-state index in [4.69, 9.17) is 5.73 Å². The molecule has 4 atom stereocenters. The van der Waals surface area contributed by atoms with Crippen LogP contribution in [0.5, 0.6) is 0 Å². The maximum absolute atomic E-state index is 12.6. The lowest BCUT2D eigenvalue weighted by Gasteiger charge is -2.34. The van der Waals surface area contributed by atoms with Crippen molar-refractivity contribution in [3.05, 3.63) is 0 Å². The van der Waals surface area contributed by atoms with Gasteiger partial charge in [0, 0.05) is 17.9 Å². The minimum Gasteiger partial charge on any atom is -0.328 e. The fraction of sp³-hybridized carbons (Fsp3) is 0.933. The molecule has 0 aromatic rings. The normalized spacial score (nSPS) is 38.9. The fourth-order valence-electron chi connectivity index (χ4n) is 3.86. The Morgan fingerprint density at radius 2 is 1.88 bits per heavy atom. The van der Waals surface area contributed by atoms with Crippen LogP contribution in [0.1, 0.15) is 64.7 Å². The minimum atomic E-state index is 0.279. The van der Waals surface area contributed by atoms with Crippen LogP contribution in [-0.4, -0.2) is 11.8 Å². The molecular formula is C15H27NO. The molecule has 2 N–H and O–H groups in total. The van der Waals surface area contributed by atoms with Crippen molar-refractivity contribution >= 4 is 5.78 Å². The van der Waals surface area contributed by atoms with Crippen LogP contribution < -0.4 is 5.73 Å². The summed E-state index contributed by atoms with van der Waals surface area (Å²) in [5.74, 6) is 1.88. The van der Waals surface area contributed by atoms with E-state index in [1.807, 2.05) is 0 Å². The highest BCUT2D eigenvalue weighted by Crippen LogP contribution is 2.37. The maximum atomic E-state index is 12.6. The molecule has 0 bridgehead atoms.